The largest absolute Gasteiger partial charge is 0.339 e. The maximum Gasteiger partial charge on any atom is 0.232 e. The Kier molecular flexibility index (Phi) is 2.54. The highest BCUT2D eigenvalue weighted by Gasteiger charge is 2.50. The van der Waals surface area contributed by atoms with Gasteiger partial charge in [0.15, 0.2) is 5.82 Å². The number of nitrogens with zero attached hydrogens (tertiary/aromatic N) is 3. The van der Waals surface area contributed by atoms with Crippen LogP contribution in [0.15, 0.2) is 4.52 Å². The van der Waals surface area contributed by atoms with E-state index < -0.39 is 5.54 Å². The van der Waals surface area contributed by atoms with E-state index in [-0.39, 0.29) is 5.41 Å². The van der Waals surface area contributed by atoms with Crippen LogP contribution in [0.25, 0.3) is 0 Å². The molecule has 3 heterocycles. The zero-order chi connectivity index (χ0) is 13.0. The van der Waals surface area contributed by atoms with Gasteiger partial charge in [0.05, 0.1) is 5.54 Å². The predicted octanol–water partition coefficient (Wildman–Crippen LogP) is 1.39. The molecule has 2 saturated heterocycles. The standard InChI is InChI=1S/C13H22N4O/c1-12(2,3)11-15-10(16-18-11)13(14)6-8-17-7-4-5-9(13)17/h9H,4-8,14H2,1-3H3. The molecule has 5 nitrogen and oxygen atoms in total. The van der Waals surface area contributed by atoms with Crippen LogP contribution < -0.4 is 5.73 Å². The average Bonchev–Trinajstić information content (AvgIpc) is 2.95. The van der Waals surface area contributed by atoms with Gasteiger partial charge in [-0.25, -0.2) is 0 Å². The molecule has 0 saturated carbocycles. The summed E-state index contributed by atoms with van der Waals surface area (Å²) < 4.78 is 5.40. The Hall–Kier alpha value is -0.940. The van der Waals surface area contributed by atoms with Crippen molar-refractivity contribution in [3.05, 3.63) is 11.7 Å². The quantitative estimate of drug-likeness (QED) is 0.815. The Morgan fingerprint density at radius 1 is 1.39 bits per heavy atom. The highest BCUT2D eigenvalue weighted by Crippen LogP contribution is 2.40. The van der Waals surface area contributed by atoms with Crippen LogP contribution in [0.5, 0.6) is 0 Å². The lowest BCUT2D eigenvalue weighted by Gasteiger charge is -2.27. The molecule has 18 heavy (non-hydrogen) atoms. The van der Waals surface area contributed by atoms with E-state index in [9.17, 15) is 0 Å². The van der Waals surface area contributed by atoms with Crippen LogP contribution >= 0.6 is 0 Å². The van der Waals surface area contributed by atoms with Crippen molar-refractivity contribution in [2.75, 3.05) is 13.1 Å². The zero-order valence-corrected chi connectivity index (χ0v) is 11.4. The smallest absolute Gasteiger partial charge is 0.232 e. The number of fused-ring (bicyclic) bond motifs is 1. The number of hydrogen-bond acceptors (Lipinski definition) is 5. The Balaban J connectivity index is 1.92. The molecule has 0 amide bonds. The van der Waals surface area contributed by atoms with Gasteiger partial charge in [0.1, 0.15) is 0 Å². The summed E-state index contributed by atoms with van der Waals surface area (Å²) in [5.41, 5.74) is 6.07. The number of aromatic nitrogens is 2. The second-order valence-corrected chi connectivity index (χ2v) is 6.66. The van der Waals surface area contributed by atoms with Gasteiger partial charge in [-0.3, -0.25) is 4.90 Å². The average molecular weight is 250 g/mol. The minimum absolute atomic E-state index is 0.115. The summed E-state index contributed by atoms with van der Waals surface area (Å²) in [4.78, 5) is 7.03. The van der Waals surface area contributed by atoms with Crippen molar-refractivity contribution in [3.63, 3.8) is 0 Å². The van der Waals surface area contributed by atoms with E-state index in [0.717, 1.165) is 25.9 Å². The molecule has 5 heteroatoms. The van der Waals surface area contributed by atoms with Gasteiger partial charge < -0.3 is 10.3 Å². The maximum atomic E-state index is 6.60. The fourth-order valence-corrected chi connectivity index (χ4v) is 3.15. The van der Waals surface area contributed by atoms with Crippen LogP contribution in [0.4, 0.5) is 0 Å². The van der Waals surface area contributed by atoms with Gasteiger partial charge in [0, 0.05) is 18.0 Å². The van der Waals surface area contributed by atoms with E-state index in [1.807, 2.05) is 0 Å². The van der Waals surface area contributed by atoms with Crippen LogP contribution in [-0.2, 0) is 11.0 Å². The summed E-state index contributed by atoms with van der Waals surface area (Å²) in [6.07, 6.45) is 3.31. The summed E-state index contributed by atoms with van der Waals surface area (Å²) in [7, 11) is 0. The molecule has 0 aliphatic carbocycles. The molecule has 0 spiro atoms. The lowest BCUT2D eigenvalue weighted by molar-refractivity contribution is 0.250. The van der Waals surface area contributed by atoms with Crippen molar-refractivity contribution in [3.8, 4) is 0 Å². The maximum absolute atomic E-state index is 6.60. The first-order valence-corrected chi connectivity index (χ1v) is 6.79. The number of hydrogen-bond donors (Lipinski definition) is 1. The Labute approximate surface area is 108 Å². The first-order chi connectivity index (χ1) is 8.41. The van der Waals surface area contributed by atoms with Crippen LogP contribution in [0.1, 0.15) is 51.7 Å². The molecule has 1 aromatic rings. The highest BCUT2D eigenvalue weighted by atomic mass is 16.5. The van der Waals surface area contributed by atoms with Crippen molar-refractivity contribution in [1.82, 2.24) is 15.0 Å². The van der Waals surface area contributed by atoms with Crippen molar-refractivity contribution < 1.29 is 4.52 Å². The normalized spacial score (nSPS) is 33.0. The molecule has 3 rings (SSSR count). The van der Waals surface area contributed by atoms with E-state index in [1.54, 1.807) is 0 Å². The van der Waals surface area contributed by atoms with E-state index in [1.165, 1.54) is 6.42 Å². The van der Waals surface area contributed by atoms with E-state index in [4.69, 9.17) is 10.3 Å². The molecule has 2 N–H and O–H groups in total. The fourth-order valence-electron chi connectivity index (χ4n) is 3.15. The monoisotopic (exact) mass is 250 g/mol. The van der Waals surface area contributed by atoms with Crippen molar-refractivity contribution >= 4 is 0 Å². The van der Waals surface area contributed by atoms with Gasteiger partial charge >= 0.3 is 0 Å². The SMILES string of the molecule is CC(C)(C)c1nc(C2(N)CCN3CCCC32)no1. The Morgan fingerprint density at radius 3 is 2.83 bits per heavy atom. The minimum atomic E-state index is -0.413. The molecule has 2 aliphatic rings. The van der Waals surface area contributed by atoms with Gasteiger partial charge in [-0.1, -0.05) is 25.9 Å². The lowest BCUT2D eigenvalue weighted by atomic mass is 9.89. The second-order valence-electron chi connectivity index (χ2n) is 6.66. The lowest BCUT2D eigenvalue weighted by Crippen LogP contribution is -2.47. The molecule has 0 radical (unpaired) electrons. The number of nitrogens with two attached hydrogens (primary N) is 1. The summed E-state index contributed by atoms with van der Waals surface area (Å²) in [6.45, 7) is 8.44. The van der Waals surface area contributed by atoms with Gasteiger partial charge in [0.25, 0.3) is 0 Å². The van der Waals surface area contributed by atoms with Crippen molar-refractivity contribution in [2.24, 2.45) is 5.73 Å². The first kappa shape index (κ1) is 12.1. The third-order valence-electron chi connectivity index (χ3n) is 4.25. The summed E-state index contributed by atoms with van der Waals surface area (Å²) in [6, 6.07) is 0.392. The van der Waals surface area contributed by atoms with E-state index in [2.05, 4.69) is 35.8 Å². The molecule has 0 aromatic carbocycles. The van der Waals surface area contributed by atoms with Gasteiger partial charge in [-0.15, -0.1) is 0 Å². The van der Waals surface area contributed by atoms with Gasteiger partial charge in [-0.05, 0) is 25.8 Å². The summed E-state index contributed by atoms with van der Waals surface area (Å²) >= 11 is 0. The Morgan fingerprint density at radius 2 is 2.17 bits per heavy atom. The third-order valence-corrected chi connectivity index (χ3v) is 4.25. The molecular weight excluding hydrogens is 228 g/mol. The molecule has 2 fully saturated rings. The van der Waals surface area contributed by atoms with Crippen LogP contribution in [-0.4, -0.2) is 34.2 Å². The Bertz CT molecular complexity index is 450. The highest BCUT2D eigenvalue weighted by molar-refractivity contribution is 5.16. The third kappa shape index (κ3) is 1.68. The fraction of sp³-hybridized carbons (Fsp3) is 0.846. The summed E-state index contributed by atoms with van der Waals surface area (Å²) in [5.74, 6) is 1.38. The van der Waals surface area contributed by atoms with E-state index >= 15 is 0 Å². The molecule has 2 aliphatic heterocycles. The van der Waals surface area contributed by atoms with E-state index in [0.29, 0.717) is 17.8 Å². The van der Waals surface area contributed by atoms with Gasteiger partial charge in [-0.2, -0.15) is 4.98 Å². The zero-order valence-electron chi connectivity index (χ0n) is 11.4. The van der Waals surface area contributed by atoms with Crippen LogP contribution in [0.2, 0.25) is 0 Å². The molecule has 1 aromatic heterocycles. The van der Waals surface area contributed by atoms with Crippen LogP contribution in [0, 0.1) is 0 Å². The topological polar surface area (TPSA) is 68.2 Å². The number of rotatable bonds is 1. The van der Waals surface area contributed by atoms with Crippen molar-refractivity contribution in [2.45, 2.75) is 57.0 Å². The second kappa shape index (κ2) is 3.78. The first-order valence-electron chi connectivity index (χ1n) is 6.79. The van der Waals surface area contributed by atoms with Gasteiger partial charge in [0.2, 0.25) is 5.89 Å². The molecule has 0 bridgehead atoms. The summed E-state index contributed by atoms with van der Waals surface area (Å²) in [5, 5.41) is 4.16. The molecule has 2 atom stereocenters. The van der Waals surface area contributed by atoms with Crippen molar-refractivity contribution in [1.29, 1.82) is 0 Å². The molecule has 100 valence electrons. The van der Waals surface area contributed by atoms with Crippen LogP contribution in [0.3, 0.4) is 0 Å². The predicted molar refractivity (Wildman–Crippen MR) is 68.1 cm³/mol. The molecule has 2 unspecified atom stereocenters. The minimum Gasteiger partial charge on any atom is -0.339 e. The molecular formula is C13H22N4O.